The summed E-state index contributed by atoms with van der Waals surface area (Å²) in [4.78, 5) is 12.5. The predicted molar refractivity (Wildman–Crippen MR) is 77.7 cm³/mol. The van der Waals surface area contributed by atoms with Crippen LogP contribution in [-0.4, -0.2) is 59.7 Å². The van der Waals surface area contributed by atoms with Crippen LogP contribution in [0.4, 0.5) is 0 Å². The Balaban J connectivity index is 2.18. The normalized spacial score (nSPS) is 24.3. The largest absolute Gasteiger partial charge is 0.480 e. The number of rotatable bonds is 5. The van der Waals surface area contributed by atoms with Gasteiger partial charge in [0.15, 0.2) is 9.84 Å². The van der Waals surface area contributed by atoms with E-state index in [1.54, 1.807) is 0 Å². The molecule has 116 valence electrons. The summed E-state index contributed by atoms with van der Waals surface area (Å²) in [6, 6.07) is 6.90. The second-order valence-corrected chi connectivity index (χ2v) is 7.65. The van der Waals surface area contributed by atoms with Crippen LogP contribution in [-0.2, 0) is 21.2 Å². The summed E-state index contributed by atoms with van der Waals surface area (Å²) >= 11 is 0. The van der Waals surface area contributed by atoms with Crippen molar-refractivity contribution in [1.29, 1.82) is 0 Å². The molecule has 1 saturated heterocycles. The molecule has 0 bridgehead atoms. The number of carboxylic acids is 1. The third kappa shape index (κ3) is 4.26. The Morgan fingerprint density at radius 2 is 1.90 bits per heavy atom. The fourth-order valence-electron chi connectivity index (χ4n) is 2.55. The van der Waals surface area contributed by atoms with E-state index < -0.39 is 28.0 Å². The van der Waals surface area contributed by atoms with Crippen molar-refractivity contribution >= 4 is 15.8 Å². The van der Waals surface area contributed by atoms with Crippen molar-refractivity contribution in [3.05, 3.63) is 35.4 Å². The van der Waals surface area contributed by atoms with Gasteiger partial charge in [-0.3, -0.25) is 9.69 Å². The first-order valence-corrected chi connectivity index (χ1v) is 8.49. The minimum Gasteiger partial charge on any atom is -0.480 e. The average Bonchev–Trinajstić information content (AvgIpc) is 2.64. The van der Waals surface area contributed by atoms with Gasteiger partial charge in [0.2, 0.25) is 0 Å². The van der Waals surface area contributed by atoms with E-state index >= 15 is 0 Å². The summed E-state index contributed by atoms with van der Waals surface area (Å²) in [7, 11) is -3.31. The summed E-state index contributed by atoms with van der Waals surface area (Å²) in [5.41, 5.74) is 1.98. The molecule has 0 saturated carbocycles. The van der Waals surface area contributed by atoms with Gasteiger partial charge >= 0.3 is 5.97 Å². The SMILES string of the molecule is Cc1ccc(CN(CC(=O)O)[C@H]2CS(=O)(=O)C[C@@H]2O)cc1. The number of aliphatic hydroxyl groups excluding tert-OH is 1. The Kier molecular flexibility index (Phi) is 4.65. The first-order chi connectivity index (χ1) is 9.77. The van der Waals surface area contributed by atoms with Crippen LogP contribution in [0.3, 0.4) is 0 Å². The van der Waals surface area contributed by atoms with Crippen LogP contribution >= 0.6 is 0 Å². The number of aryl methyl sites for hydroxylation is 1. The van der Waals surface area contributed by atoms with E-state index in [0.717, 1.165) is 11.1 Å². The second-order valence-electron chi connectivity index (χ2n) is 5.50. The molecule has 0 unspecified atom stereocenters. The molecule has 0 amide bonds. The lowest BCUT2D eigenvalue weighted by Gasteiger charge is -2.28. The standard InChI is InChI=1S/C14H19NO5S/c1-10-2-4-11(5-3-10)6-15(7-14(17)18)12-8-21(19,20)9-13(12)16/h2-5,12-13,16H,6-9H2,1H3,(H,17,18)/t12-,13-/m0/s1. The highest BCUT2D eigenvalue weighted by molar-refractivity contribution is 7.91. The van der Waals surface area contributed by atoms with Crippen molar-refractivity contribution in [3.63, 3.8) is 0 Å². The van der Waals surface area contributed by atoms with Gasteiger partial charge in [0.25, 0.3) is 0 Å². The first-order valence-electron chi connectivity index (χ1n) is 6.67. The van der Waals surface area contributed by atoms with E-state index in [9.17, 15) is 18.3 Å². The maximum absolute atomic E-state index is 11.6. The van der Waals surface area contributed by atoms with Crippen LogP contribution < -0.4 is 0 Å². The van der Waals surface area contributed by atoms with Crippen LogP contribution in [0.5, 0.6) is 0 Å². The molecule has 7 heteroatoms. The summed E-state index contributed by atoms with van der Waals surface area (Å²) in [5.74, 6) is -1.55. The van der Waals surface area contributed by atoms with E-state index in [2.05, 4.69) is 0 Å². The molecule has 1 fully saturated rings. The van der Waals surface area contributed by atoms with Crippen LogP contribution in [0.15, 0.2) is 24.3 Å². The maximum Gasteiger partial charge on any atom is 0.317 e. The molecule has 0 aromatic heterocycles. The van der Waals surface area contributed by atoms with Crippen molar-refractivity contribution in [1.82, 2.24) is 4.90 Å². The maximum atomic E-state index is 11.6. The van der Waals surface area contributed by atoms with Crippen molar-refractivity contribution in [2.75, 3.05) is 18.1 Å². The summed E-state index contributed by atoms with van der Waals surface area (Å²) in [6.07, 6.45) is -1.04. The van der Waals surface area contributed by atoms with Gasteiger partial charge in [-0.2, -0.15) is 0 Å². The molecule has 2 rings (SSSR count). The molecule has 1 aliphatic heterocycles. The average molecular weight is 313 g/mol. The van der Waals surface area contributed by atoms with Crippen molar-refractivity contribution in [2.45, 2.75) is 25.6 Å². The van der Waals surface area contributed by atoms with Gasteiger partial charge in [-0.25, -0.2) is 8.42 Å². The summed E-state index contributed by atoms with van der Waals surface area (Å²) < 4.78 is 23.2. The van der Waals surface area contributed by atoms with E-state index in [-0.39, 0.29) is 18.1 Å². The van der Waals surface area contributed by atoms with E-state index in [1.165, 1.54) is 4.90 Å². The monoisotopic (exact) mass is 313 g/mol. The van der Waals surface area contributed by atoms with Crippen LogP contribution in [0.2, 0.25) is 0 Å². The minimum atomic E-state index is -3.31. The zero-order valence-electron chi connectivity index (χ0n) is 11.8. The van der Waals surface area contributed by atoms with Gasteiger partial charge in [-0.15, -0.1) is 0 Å². The molecule has 1 aromatic carbocycles. The van der Waals surface area contributed by atoms with Gasteiger partial charge in [-0.1, -0.05) is 29.8 Å². The lowest BCUT2D eigenvalue weighted by molar-refractivity contribution is -0.139. The molecule has 0 spiro atoms. The summed E-state index contributed by atoms with van der Waals surface area (Å²) in [6.45, 7) is 1.95. The number of hydrogen-bond acceptors (Lipinski definition) is 5. The van der Waals surface area contributed by atoms with Crippen LogP contribution in [0.1, 0.15) is 11.1 Å². The van der Waals surface area contributed by atoms with Gasteiger partial charge in [0, 0.05) is 6.54 Å². The molecular weight excluding hydrogens is 294 g/mol. The Bertz CT molecular complexity index is 611. The van der Waals surface area contributed by atoms with Gasteiger partial charge < -0.3 is 10.2 Å². The topological polar surface area (TPSA) is 94.9 Å². The van der Waals surface area contributed by atoms with Crippen LogP contribution in [0, 0.1) is 6.92 Å². The molecule has 2 atom stereocenters. The van der Waals surface area contributed by atoms with Crippen molar-refractivity contribution in [3.8, 4) is 0 Å². The molecule has 1 heterocycles. The Morgan fingerprint density at radius 1 is 1.29 bits per heavy atom. The molecular formula is C14H19NO5S. The third-order valence-corrected chi connectivity index (χ3v) is 5.31. The number of nitrogens with zero attached hydrogens (tertiary/aromatic N) is 1. The Labute approximate surface area is 123 Å². The van der Waals surface area contributed by atoms with Crippen molar-refractivity contribution in [2.24, 2.45) is 0 Å². The highest BCUT2D eigenvalue weighted by atomic mass is 32.2. The smallest absolute Gasteiger partial charge is 0.317 e. The number of aliphatic hydroxyl groups is 1. The highest BCUT2D eigenvalue weighted by Gasteiger charge is 2.40. The highest BCUT2D eigenvalue weighted by Crippen LogP contribution is 2.20. The number of sulfone groups is 1. The third-order valence-electron chi connectivity index (χ3n) is 3.61. The molecule has 0 radical (unpaired) electrons. The molecule has 1 aliphatic rings. The van der Waals surface area contributed by atoms with Gasteiger partial charge in [0.05, 0.1) is 30.2 Å². The zero-order chi connectivity index (χ0) is 15.6. The number of benzene rings is 1. The molecule has 2 N–H and O–H groups in total. The quantitative estimate of drug-likeness (QED) is 0.797. The lowest BCUT2D eigenvalue weighted by Crippen LogP contribution is -2.45. The number of carboxylic acid groups (broad SMARTS) is 1. The van der Waals surface area contributed by atoms with E-state index in [1.807, 2.05) is 31.2 Å². The predicted octanol–water partition coefficient (Wildman–Crippen LogP) is 0.0395. The molecule has 6 nitrogen and oxygen atoms in total. The minimum absolute atomic E-state index is 0.201. The second kappa shape index (κ2) is 6.13. The van der Waals surface area contributed by atoms with Gasteiger partial charge in [0.1, 0.15) is 0 Å². The lowest BCUT2D eigenvalue weighted by atomic mass is 10.1. The molecule has 0 aliphatic carbocycles. The Hall–Kier alpha value is -1.44. The fraction of sp³-hybridized carbons (Fsp3) is 0.500. The molecule has 1 aromatic rings. The van der Waals surface area contributed by atoms with E-state index in [4.69, 9.17) is 5.11 Å². The Morgan fingerprint density at radius 3 is 2.38 bits per heavy atom. The zero-order valence-corrected chi connectivity index (χ0v) is 12.6. The van der Waals surface area contributed by atoms with Crippen molar-refractivity contribution < 1.29 is 23.4 Å². The fourth-order valence-corrected chi connectivity index (χ4v) is 4.38. The summed E-state index contributed by atoms with van der Waals surface area (Å²) in [5, 5.41) is 18.9. The van der Waals surface area contributed by atoms with Gasteiger partial charge in [-0.05, 0) is 12.5 Å². The molecule has 21 heavy (non-hydrogen) atoms. The van der Waals surface area contributed by atoms with E-state index in [0.29, 0.717) is 6.54 Å². The number of carbonyl (C=O) groups is 1. The van der Waals surface area contributed by atoms with Crippen LogP contribution in [0.25, 0.3) is 0 Å². The first kappa shape index (κ1) is 15.9. The number of aliphatic carboxylic acids is 1. The number of hydrogen-bond donors (Lipinski definition) is 2.